The number of nitrogens with one attached hydrogen (secondary N) is 7. The van der Waals surface area contributed by atoms with Gasteiger partial charge in [-0.15, -0.1) is 0 Å². The fourth-order valence-corrected chi connectivity index (χ4v) is 4.32. The van der Waals surface area contributed by atoms with Gasteiger partial charge in [-0.2, -0.15) is 52.7 Å². The van der Waals surface area contributed by atoms with E-state index >= 15 is 0 Å². The van der Waals surface area contributed by atoms with Crippen LogP contribution in [0.1, 0.15) is 58.3 Å². The number of amides is 7. The van der Waals surface area contributed by atoms with Gasteiger partial charge in [-0.3, -0.25) is 33.6 Å². The zero-order valence-corrected chi connectivity index (χ0v) is 29.5. The molecule has 7 amide bonds. The Morgan fingerprint density at radius 3 is 0.947 bits per heavy atom. The van der Waals surface area contributed by atoms with Crippen LogP contribution in [0.4, 0.5) is 52.7 Å². The minimum absolute atomic E-state index is 0.203. The first-order valence-electron chi connectivity index (χ1n) is 16.5. The van der Waals surface area contributed by atoms with E-state index in [0.29, 0.717) is 0 Å². The van der Waals surface area contributed by atoms with Gasteiger partial charge < -0.3 is 42.3 Å². The van der Waals surface area contributed by atoms with E-state index in [4.69, 9.17) is 0 Å². The van der Waals surface area contributed by atoms with Crippen LogP contribution in [0.25, 0.3) is 0 Å². The van der Waals surface area contributed by atoms with Gasteiger partial charge in [0.05, 0.1) is 0 Å². The number of alkyl halides is 12. The molecule has 0 bridgehead atoms. The Morgan fingerprint density at radius 1 is 0.421 bits per heavy atom. The van der Waals surface area contributed by atoms with Crippen LogP contribution < -0.4 is 37.2 Å². The summed E-state index contributed by atoms with van der Waals surface area (Å²) >= 11 is 0. The van der Waals surface area contributed by atoms with E-state index in [9.17, 15) is 96.1 Å². The van der Waals surface area contributed by atoms with E-state index in [1.54, 1.807) is 5.32 Å². The highest BCUT2D eigenvalue weighted by Crippen LogP contribution is 2.17. The van der Waals surface area contributed by atoms with Crippen LogP contribution in [0.15, 0.2) is 0 Å². The Labute approximate surface area is 314 Å². The number of carbonyl (C=O) groups excluding carboxylic acids is 7. The first kappa shape index (κ1) is 51.9. The van der Waals surface area contributed by atoms with Gasteiger partial charge in [-0.1, -0.05) is 6.92 Å². The van der Waals surface area contributed by atoms with E-state index in [1.807, 2.05) is 5.32 Å². The first-order valence-corrected chi connectivity index (χ1v) is 16.5. The number of aliphatic carboxylic acids is 1. The van der Waals surface area contributed by atoms with Crippen molar-refractivity contribution in [1.29, 1.82) is 0 Å². The van der Waals surface area contributed by atoms with Crippen molar-refractivity contribution in [3.8, 4) is 0 Å². The van der Waals surface area contributed by atoms with Gasteiger partial charge in [-0.25, -0.2) is 4.79 Å². The molecule has 8 N–H and O–H groups in total. The van der Waals surface area contributed by atoms with Gasteiger partial charge in [0.2, 0.25) is 17.7 Å². The fourth-order valence-electron chi connectivity index (χ4n) is 4.32. The molecule has 0 aliphatic heterocycles. The molecule has 0 aliphatic rings. The maximum atomic E-state index is 13.4. The van der Waals surface area contributed by atoms with Crippen molar-refractivity contribution in [3.63, 3.8) is 0 Å². The summed E-state index contributed by atoms with van der Waals surface area (Å²) < 4.78 is 150. The molecule has 0 unspecified atom stereocenters. The van der Waals surface area contributed by atoms with Gasteiger partial charge in [0, 0.05) is 32.1 Å². The molecule has 0 saturated carbocycles. The second-order valence-corrected chi connectivity index (χ2v) is 12.0. The average Bonchev–Trinajstić information content (AvgIpc) is 3.07. The van der Waals surface area contributed by atoms with Crippen LogP contribution in [0.5, 0.6) is 0 Å². The summed E-state index contributed by atoms with van der Waals surface area (Å²) in [7, 11) is 0. The van der Waals surface area contributed by atoms with E-state index < -0.39 is 161 Å². The van der Waals surface area contributed by atoms with Crippen molar-refractivity contribution in [2.24, 2.45) is 5.92 Å². The Bertz CT molecular complexity index is 1410. The van der Waals surface area contributed by atoms with Gasteiger partial charge in [-0.05, 0) is 51.4 Å². The maximum Gasteiger partial charge on any atom is 0.471 e. The number of carboxylic acids is 1. The monoisotopic (exact) mass is 857 g/mol. The van der Waals surface area contributed by atoms with E-state index in [0.717, 1.165) is 0 Å². The Balaban J connectivity index is 6.07. The molecule has 328 valence electrons. The third kappa shape index (κ3) is 21.7. The lowest BCUT2D eigenvalue weighted by Gasteiger charge is -2.25. The first-order chi connectivity index (χ1) is 26.0. The van der Waals surface area contributed by atoms with Crippen LogP contribution in [-0.2, 0) is 38.4 Å². The third-order valence-corrected chi connectivity index (χ3v) is 7.32. The Morgan fingerprint density at radius 2 is 0.667 bits per heavy atom. The number of halogens is 12. The molecule has 0 fully saturated rings. The van der Waals surface area contributed by atoms with Gasteiger partial charge in [0.25, 0.3) is 0 Å². The summed E-state index contributed by atoms with van der Waals surface area (Å²) in [5, 5.41) is 21.7. The van der Waals surface area contributed by atoms with Crippen molar-refractivity contribution < 1.29 is 96.1 Å². The summed E-state index contributed by atoms with van der Waals surface area (Å²) in [6.45, 7) is -1.55. The van der Waals surface area contributed by atoms with Crippen LogP contribution >= 0.6 is 0 Å². The van der Waals surface area contributed by atoms with Crippen LogP contribution in [-0.4, -0.2) is 121 Å². The SMILES string of the molecule is C[C@@H](CCCNC(=O)C(F)(F)F)C(=O)N[C@@H](CCCNC(=O)C(F)(F)F)C(=O)N[C@@H](CCCNC(=O)C(F)(F)F)C(=O)N[C@@H](CCCNC(=O)C(F)(F)F)C(=O)O. The lowest BCUT2D eigenvalue weighted by molar-refractivity contribution is -0.173. The summed E-state index contributed by atoms with van der Waals surface area (Å²) in [5.74, 6) is -15.9. The average molecular weight is 858 g/mol. The van der Waals surface area contributed by atoms with E-state index in [1.165, 1.54) is 22.9 Å². The highest BCUT2D eigenvalue weighted by molar-refractivity contribution is 5.93. The largest absolute Gasteiger partial charge is 0.480 e. The lowest BCUT2D eigenvalue weighted by atomic mass is 10.0. The minimum Gasteiger partial charge on any atom is -0.480 e. The van der Waals surface area contributed by atoms with Crippen molar-refractivity contribution in [2.75, 3.05) is 26.2 Å². The molecule has 0 rings (SSSR count). The number of hydrogen-bond acceptors (Lipinski definition) is 8. The Hall–Kier alpha value is -5.08. The number of carboxylic acid groups (broad SMARTS) is 1. The van der Waals surface area contributed by atoms with Gasteiger partial charge >= 0.3 is 54.3 Å². The molecule has 0 aromatic heterocycles. The number of carbonyl (C=O) groups is 8. The molecule has 0 heterocycles. The third-order valence-electron chi connectivity index (χ3n) is 7.32. The second-order valence-electron chi connectivity index (χ2n) is 12.0. The topological polar surface area (TPSA) is 241 Å². The molecule has 0 aliphatic carbocycles. The van der Waals surface area contributed by atoms with E-state index in [-0.39, 0.29) is 12.8 Å². The van der Waals surface area contributed by atoms with E-state index in [2.05, 4.69) is 10.6 Å². The maximum absolute atomic E-state index is 13.4. The molecule has 0 spiro atoms. The second kappa shape index (κ2) is 23.2. The van der Waals surface area contributed by atoms with Crippen LogP contribution in [0.3, 0.4) is 0 Å². The summed E-state index contributed by atoms with van der Waals surface area (Å²) in [5.41, 5.74) is 0. The van der Waals surface area contributed by atoms with Gasteiger partial charge in [0.1, 0.15) is 18.1 Å². The molecule has 57 heavy (non-hydrogen) atoms. The molecule has 0 aromatic carbocycles. The zero-order valence-electron chi connectivity index (χ0n) is 29.5. The minimum atomic E-state index is -5.32. The molecule has 0 radical (unpaired) electrons. The zero-order chi connectivity index (χ0) is 44.4. The normalized spacial score (nSPS) is 14.2. The smallest absolute Gasteiger partial charge is 0.471 e. The summed E-state index contributed by atoms with van der Waals surface area (Å²) in [6.07, 6.45) is -24.8. The molecule has 4 atom stereocenters. The highest BCUT2D eigenvalue weighted by atomic mass is 19.4. The number of rotatable bonds is 23. The van der Waals surface area contributed by atoms with Gasteiger partial charge in [0.15, 0.2) is 0 Å². The standard InChI is InChI=1S/C29H39F12N7O9/c1-14(6-2-10-42-22(54)26(30,31)32)18(49)46-15(7-3-11-43-23(55)27(33,34)35)19(50)47-16(8-4-12-44-24(56)28(36,37)38)20(51)48-17(21(52)53)9-5-13-45-25(57)29(39,40)41/h14-17H,2-13H2,1H3,(H,42,54)(H,43,55)(H,44,56)(H,45,57)(H,46,49)(H,47,50)(H,48,51)(H,52,53)/t14-,15-,16-,17-/m0/s1. The fraction of sp³-hybridized carbons (Fsp3) is 0.724. The molecule has 16 nitrogen and oxygen atoms in total. The van der Waals surface area contributed by atoms with Crippen molar-refractivity contribution in [1.82, 2.24) is 37.2 Å². The quantitative estimate of drug-likeness (QED) is 0.0540. The molecular formula is C29H39F12N7O9. The summed E-state index contributed by atoms with van der Waals surface area (Å²) in [4.78, 5) is 95.5. The molecular weight excluding hydrogens is 818 g/mol. The lowest BCUT2D eigenvalue weighted by Crippen LogP contribution is -2.56. The highest BCUT2D eigenvalue weighted by Gasteiger charge is 2.41. The Kier molecular flexibility index (Phi) is 21.2. The predicted molar refractivity (Wildman–Crippen MR) is 166 cm³/mol. The molecule has 0 aromatic rings. The molecule has 0 saturated heterocycles. The summed E-state index contributed by atoms with van der Waals surface area (Å²) in [6, 6.07) is -5.58. The number of hydrogen-bond donors (Lipinski definition) is 8. The predicted octanol–water partition coefficient (Wildman–Crippen LogP) is 0.996. The van der Waals surface area contributed by atoms with Crippen molar-refractivity contribution >= 4 is 47.3 Å². The van der Waals surface area contributed by atoms with Crippen LogP contribution in [0, 0.1) is 5.92 Å². The molecule has 28 heteroatoms. The van der Waals surface area contributed by atoms with Crippen LogP contribution in [0.2, 0.25) is 0 Å². The van der Waals surface area contributed by atoms with Crippen molar-refractivity contribution in [2.45, 2.75) is 101 Å². The van der Waals surface area contributed by atoms with Crippen molar-refractivity contribution in [3.05, 3.63) is 0 Å².